The van der Waals surface area contributed by atoms with E-state index in [0.29, 0.717) is 0 Å². The Morgan fingerprint density at radius 1 is 1.07 bits per heavy atom. The predicted octanol–water partition coefficient (Wildman–Crippen LogP) is 3.02. The van der Waals surface area contributed by atoms with E-state index in [1.54, 1.807) is 0 Å². The smallest absolute Gasteiger partial charge is 0.353 e. The van der Waals surface area contributed by atoms with Gasteiger partial charge in [-0.3, -0.25) is 4.98 Å². The van der Waals surface area contributed by atoms with Gasteiger partial charge in [-0.2, -0.15) is 0 Å². The van der Waals surface area contributed by atoms with Crippen molar-refractivity contribution in [3.8, 4) is 0 Å². The van der Waals surface area contributed by atoms with Crippen LogP contribution >= 0.6 is 0 Å². The maximum absolute atomic E-state index is 4.27. The third kappa shape index (κ3) is 1.51. The van der Waals surface area contributed by atoms with E-state index in [-0.39, 0.29) is 22.4 Å². The van der Waals surface area contributed by atoms with E-state index in [1.807, 2.05) is 19.2 Å². The molecular weight excluding hydrogens is 280 g/mol. The van der Waals surface area contributed by atoms with Gasteiger partial charge in [0.2, 0.25) is 0 Å². The second kappa shape index (κ2) is 3.81. The number of benzene rings is 1. The monoisotopic (exact) mass is 289 g/mol. The predicted molar refractivity (Wildman–Crippen MR) is 58.3 cm³/mol. The molecule has 1 aromatic carbocycles. The summed E-state index contributed by atoms with van der Waals surface area (Å²) in [6.45, 7) is 2.03. The molecule has 0 saturated heterocycles. The number of pyridine rings is 1. The molecule has 0 amide bonds. The number of aromatic nitrogens is 2. The first kappa shape index (κ1) is 10.4. The first-order valence-electron chi connectivity index (χ1n) is 4.68. The third-order valence-corrected chi connectivity index (χ3v) is 2.62. The topological polar surface area (TPSA) is 28.7 Å². The summed E-state index contributed by atoms with van der Waals surface area (Å²) in [7, 11) is 0. The van der Waals surface area contributed by atoms with Crippen molar-refractivity contribution in [1.29, 1.82) is 0 Å². The Morgan fingerprint density at radius 3 is 2.73 bits per heavy atom. The number of nitrogens with one attached hydrogen (secondary N) is 1. The zero-order chi connectivity index (χ0) is 9.54. The minimum Gasteiger partial charge on any atom is -0.353 e. The first-order chi connectivity index (χ1) is 6.86. The molecule has 0 fully saturated rings. The van der Waals surface area contributed by atoms with Gasteiger partial charge < -0.3 is 4.98 Å². The Morgan fingerprint density at radius 2 is 1.87 bits per heavy atom. The number of aryl methyl sites for hydroxylation is 1. The molecule has 3 heteroatoms. The average molecular weight is 290 g/mol. The van der Waals surface area contributed by atoms with E-state index < -0.39 is 0 Å². The maximum atomic E-state index is 4.27. The van der Waals surface area contributed by atoms with Gasteiger partial charge in [-0.25, -0.2) is 0 Å². The van der Waals surface area contributed by atoms with Crippen LogP contribution in [-0.2, 0) is 22.4 Å². The molecule has 15 heavy (non-hydrogen) atoms. The molecule has 0 aliphatic heterocycles. The molecule has 2 heterocycles. The summed E-state index contributed by atoms with van der Waals surface area (Å²) in [4.78, 5) is 7.66. The summed E-state index contributed by atoms with van der Waals surface area (Å²) in [6, 6.07) is 10.4. The van der Waals surface area contributed by atoms with Crippen LogP contribution in [0.1, 0.15) is 5.69 Å². The van der Waals surface area contributed by atoms with E-state index in [1.165, 1.54) is 16.3 Å². The van der Waals surface area contributed by atoms with E-state index in [2.05, 4.69) is 34.2 Å². The molecule has 3 rings (SSSR count). The molecule has 0 atom stereocenters. The first-order valence-corrected chi connectivity index (χ1v) is 4.68. The largest absolute Gasteiger partial charge is 1.00 e. The van der Waals surface area contributed by atoms with Crippen LogP contribution in [0.25, 0.3) is 21.8 Å². The molecule has 0 saturated carbocycles. The third-order valence-electron chi connectivity index (χ3n) is 2.62. The second-order valence-electron chi connectivity index (χ2n) is 3.49. The molecule has 2 aromatic heterocycles. The number of rotatable bonds is 0. The molecule has 1 N–H and O–H groups in total. The second-order valence-corrected chi connectivity index (χ2v) is 3.49. The molecule has 78 valence electrons. The van der Waals surface area contributed by atoms with Crippen LogP contribution in [0.5, 0.6) is 0 Å². The van der Waals surface area contributed by atoms with Gasteiger partial charge in [-0.1, -0.05) is 18.2 Å². The van der Waals surface area contributed by atoms with Gasteiger partial charge in [0.25, 0.3) is 0 Å². The number of para-hydroxylation sites is 1. The summed E-state index contributed by atoms with van der Waals surface area (Å²) < 4.78 is 0. The Balaban J connectivity index is 0.000000853. The minimum absolute atomic E-state index is 0. The summed E-state index contributed by atoms with van der Waals surface area (Å²) >= 11 is 0. The fraction of sp³-hybridized carbons (Fsp3) is 0.0833. The Bertz CT molecular complexity index is 613. The van der Waals surface area contributed by atoms with Crippen molar-refractivity contribution in [2.75, 3.05) is 0 Å². The number of nitrogens with zero attached hydrogens (tertiary/aromatic N) is 1. The van der Waals surface area contributed by atoms with Gasteiger partial charge in [-0.15, -0.1) is 0 Å². The number of fused-ring (bicyclic) bond motifs is 3. The number of hydrogen-bond acceptors (Lipinski definition) is 1. The van der Waals surface area contributed by atoms with Crippen molar-refractivity contribution >= 4 is 21.8 Å². The van der Waals surface area contributed by atoms with Crippen molar-refractivity contribution in [3.63, 3.8) is 0 Å². The summed E-state index contributed by atoms with van der Waals surface area (Å²) in [5.41, 5.74) is 3.38. The van der Waals surface area contributed by atoms with Crippen LogP contribution in [0.2, 0.25) is 0 Å². The van der Waals surface area contributed by atoms with Gasteiger partial charge in [0.15, 0.2) is 0 Å². The van der Waals surface area contributed by atoms with Gasteiger partial charge in [0.1, 0.15) is 0 Å². The van der Waals surface area contributed by atoms with Crippen molar-refractivity contribution in [2.24, 2.45) is 0 Å². The van der Waals surface area contributed by atoms with Crippen LogP contribution in [0, 0.1) is 6.92 Å². The normalized spacial score (nSPS) is 10.5. The van der Waals surface area contributed by atoms with Gasteiger partial charge in [-0.05, 0) is 19.1 Å². The number of H-pyrrole nitrogens is 1. The Labute approximate surface area is 103 Å². The summed E-state index contributed by atoms with van der Waals surface area (Å²) in [5.74, 6) is 0. The molecule has 0 aliphatic rings. The van der Waals surface area contributed by atoms with Crippen molar-refractivity contribution in [1.82, 2.24) is 9.97 Å². The molecule has 0 aliphatic carbocycles. The SMILES string of the molecule is Cc1nccc2c1[nH]c1ccccc12.[Ag+]. The zero-order valence-corrected chi connectivity index (χ0v) is 9.70. The Kier molecular flexibility index (Phi) is 2.65. The van der Waals surface area contributed by atoms with Crippen LogP contribution in [0.15, 0.2) is 36.5 Å². The fourth-order valence-electron chi connectivity index (χ4n) is 1.91. The summed E-state index contributed by atoms with van der Waals surface area (Å²) in [6.07, 6.45) is 1.86. The average Bonchev–Trinajstić information content (AvgIpc) is 2.59. The molecule has 3 aromatic rings. The Hall–Kier alpha value is -1.09. The van der Waals surface area contributed by atoms with E-state index in [4.69, 9.17) is 0 Å². The van der Waals surface area contributed by atoms with E-state index >= 15 is 0 Å². The van der Waals surface area contributed by atoms with Crippen molar-refractivity contribution < 1.29 is 22.4 Å². The zero-order valence-electron chi connectivity index (χ0n) is 8.21. The minimum atomic E-state index is 0. The van der Waals surface area contributed by atoms with Gasteiger partial charge in [0.05, 0.1) is 11.2 Å². The molecule has 0 unspecified atom stereocenters. The van der Waals surface area contributed by atoms with Crippen LogP contribution < -0.4 is 0 Å². The molecule has 0 radical (unpaired) electrons. The summed E-state index contributed by atoms with van der Waals surface area (Å²) in [5, 5.41) is 2.53. The molecule has 0 spiro atoms. The van der Waals surface area contributed by atoms with E-state index in [0.717, 1.165) is 11.2 Å². The molecule has 2 nitrogen and oxygen atoms in total. The van der Waals surface area contributed by atoms with Gasteiger partial charge in [0, 0.05) is 22.5 Å². The number of aromatic amines is 1. The van der Waals surface area contributed by atoms with Crippen LogP contribution in [0.4, 0.5) is 0 Å². The van der Waals surface area contributed by atoms with Crippen molar-refractivity contribution in [3.05, 3.63) is 42.2 Å². The fourth-order valence-corrected chi connectivity index (χ4v) is 1.91. The van der Waals surface area contributed by atoms with Crippen LogP contribution in [-0.4, -0.2) is 9.97 Å². The molecule has 0 bridgehead atoms. The van der Waals surface area contributed by atoms with Crippen LogP contribution in [0.3, 0.4) is 0 Å². The standard InChI is InChI=1S/C12H10N2.Ag/c1-8-12-10(6-7-13-8)9-4-2-3-5-11(9)14-12;/h2-7,14H,1H3;/q;+1. The van der Waals surface area contributed by atoms with Crippen molar-refractivity contribution in [2.45, 2.75) is 6.92 Å². The maximum Gasteiger partial charge on any atom is 1.00 e. The van der Waals surface area contributed by atoms with E-state index in [9.17, 15) is 0 Å². The quantitative estimate of drug-likeness (QED) is 0.633. The molecular formula is C12H10AgN2+. The number of hydrogen-bond donors (Lipinski definition) is 1. The van der Waals surface area contributed by atoms with Gasteiger partial charge >= 0.3 is 22.4 Å².